The fourth-order valence-corrected chi connectivity index (χ4v) is 2.80. The Hall–Kier alpha value is -1.61. The highest BCUT2D eigenvalue weighted by Gasteiger charge is 2.29. The van der Waals surface area contributed by atoms with Gasteiger partial charge in [0.25, 0.3) is 0 Å². The van der Waals surface area contributed by atoms with Gasteiger partial charge in [-0.2, -0.15) is 5.10 Å². The minimum absolute atomic E-state index is 0.682. The molecule has 0 aliphatic heterocycles. The van der Waals surface area contributed by atoms with Crippen LogP contribution >= 0.6 is 0 Å². The van der Waals surface area contributed by atoms with Crippen molar-refractivity contribution in [1.82, 2.24) is 15.1 Å². The van der Waals surface area contributed by atoms with Crippen LogP contribution in [0.25, 0.3) is 0 Å². The van der Waals surface area contributed by atoms with E-state index in [9.17, 15) is 0 Å². The van der Waals surface area contributed by atoms with E-state index in [2.05, 4.69) is 41.6 Å². The molecule has 0 bridgehead atoms. The normalized spacial score (nSPS) is 22.2. The van der Waals surface area contributed by atoms with Gasteiger partial charge in [0.2, 0.25) is 0 Å². The van der Waals surface area contributed by atoms with Crippen molar-refractivity contribution in [3.05, 3.63) is 53.9 Å². The fourth-order valence-electron chi connectivity index (χ4n) is 2.80. The smallest absolute Gasteiger partial charge is 0.0534 e. The summed E-state index contributed by atoms with van der Waals surface area (Å²) >= 11 is 0. The van der Waals surface area contributed by atoms with Gasteiger partial charge in [-0.1, -0.05) is 29.8 Å². The highest BCUT2D eigenvalue weighted by molar-refractivity contribution is 5.27. The van der Waals surface area contributed by atoms with E-state index in [1.165, 1.54) is 24.0 Å². The molecule has 0 unspecified atom stereocenters. The Morgan fingerprint density at radius 2 is 2.21 bits per heavy atom. The second-order valence-electron chi connectivity index (χ2n) is 5.50. The molecule has 1 aliphatic rings. The van der Waals surface area contributed by atoms with Crippen LogP contribution in [0.1, 0.15) is 29.9 Å². The number of aromatic nitrogens is 2. The second-order valence-corrected chi connectivity index (χ2v) is 5.50. The molecule has 1 fully saturated rings. The zero-order chi connectivity index (χ0) is 13.1. The van der Waals surface area contributed by atoms with Crippen LogP contribution in [0, 0.1) is 6.92 Å². The van der Waals surface area contributed by atoms with E-state index in [0.29, 0.717) is 6.04 Å². The number of hydrogen-bond donors (Lipinski definition) is 1. The number of hydrogen-bond acceptors (Lipinski definition) is 2. The van der Waals surface area contributed by atoms with E-state index in [0.717, 1.165) is 19.0 Å². The van der Waals surface area contributed by atoms with Gasteiger partial charge in [0.05, 0.1) is 6.54 Å². The van der Waals surface area contributed by atoms with Crippen LogP contribution in [-0.2, 0) is 6.54 Å². The summed E-state index contributed by atoms with van der Waals surface area (Å²) < 4.78 is 1.98. The molecule has 1 aromatic heterocycles. The average Bonchev–Trinajstić information content (AvgIpc) is 2.85. The second kappa shape index (κ2) is 5.57. The quantitative estimate of drug-likeness (QED) is 0.890. The average molecular weight is 255 g/mol. The van der Waals surface area contributed by atoms with Crippen molar-refractivity contribution in [3.63, 3.8) is 0 Å². The van der Waals surface area contributed by atoms with Gasteiger partial charge in [-0.25, -0.2) is 0 Å². The largest absolute Gasteiger partial charge is 0.312 e. The van der Waals surface area contributed by atoms with Crippen molar-refractivity contribution in [2.45, 2.75) is 38.3 Å². The third-order valence-electron chi connectivity index (χ3n) is 3.98. The van der Waals surface area contributed by atoms with E-state index in [4.69, 9.17) is 0 Å². The first kappa shape index (κ1) is 12.4. The van der Waals surface area contributed by atoms with Crippen LogP contribution in [-0.4, -0.2) is 22.4 Å². The maximum atomic E-state index is 4.21. The molecule has 0 saturated heterocycles. The number of aryl methyl sites for hydroxylation is 1. The van der Waals surface area contributed by atoms with E-state index in [1.807, 2.05) is 23.1 Å². The number of nitrogens with one attached hydrogen (secondary N) is 1. The van der Waals surface area contributed by atoms with Crippen molar-refractivity contribution in [1.29, 1.82) is 0 Å². The minimum atomic E-state index is 0.682. The van der Waals surface area contributed by atoms with Crippen molar-refractivity contribution in [2.75, 3.05) is 6.54 Å². The fraction of sp³-hybridized carbons (Fsp3) is 0.438. The molecule has 2 aromatic rings. The van der Waals surface area contributed by atoms with E-state index < -0.39 is 0 Å². The molecule has 1 heterocycles. The Morgan fingerprint density at radius 1 is 1.32 bits per heavy atom. The molecule has 0 atom stereocenters. The van der Waals surface area contributed by atoms with Gasteiger partial charge in [0.1, 0.15) is 0 Å². The van der Waals surface area contributed by atoms with Gasteiger partial charge < -0.3 is 5.32 Å². The van der Waals surface area contributed by atoms with Crippen LogP contribution in [0.5, 0.6) is 0 Å². The Bertz CT molecular complexity index is 513. The van der Waals surface area contributed by atoms with Gasteiger partial charge in [-0.3, -0.25) is 4.68 Å². The van der Waals surface area contributed by atoms with Gasteiger partial charge in [-0.05, 0) is 37.3 Å². The lowest BCUT2D eigenvalue weighted by Gasteiger charge is -2.36. The van der Waals surface area contributed by atoms with Gasteiger partial charge in [0, 0.05) is 25.0 Å². The van der Waals surface area contributed by atoms with E-state index in [1.54, 1.807) is 0 Å². The monoisotopic (exact) mass is 255 g/mol. The Labute approximate surface area is 114 Å². The van der Waals surface area contributed by atoms with E-state index >= 15 is 0 Å². The molecular formula is C16H21N3. The lowest BCUT2D eigenvalue weighted by atomic mass is 9.75. The Balaban J connectivity index is 1.41. The predicted molar refractivity (Wildman–Crippen MR) is 77.2 cm³/mol. The lowest BCUT2D eigenvalue weighted by molar-refractivity contribution is 0.286. The summed E-state index contributed by atoms with van der Waals surface area (Å²) in [5.41, 5.74) is 2.87. The summed E-state index contributed by atoms with van der Waals surface area (Å²) in [4.78, 5) is 0. The van der Waals surface area contributed by atoms with E-state index in [-0.39, 0.29) is 0 Å². The molecule has 1 aromatic carbocycles. The molecule has 3 rings (SSSR count). The Morgan fingerprint density at radius 3 is 2.95 bits per heavy atom. The van der Waals surface area contributed by atoms with Crippen LogP contribution in [0.4, 0.5) is 0 Å². The molecule has 1 saturated carbocycles. The molecule has 3 heteroatoms. The van der Waals surface area contributed by atoms with Crippen molar-refractivity contribution >= 4 is 0 Å². The molecule has 19 heavy (non-hydrogen) atoms. The number of nitrogens with zero attached hydrogens (tertiary/aromatic N) is 2. The topological polar surface area (TPSA) is 29.9 Å². The summed E-state index contributed by atoms with van der Waals surface area (Å²) in [5.74, 6) is 0.752. The van der Waals surface area contributed by atoms with Crippen LogP contribution in [0.2, 0.25) is 0 Å². The molecule has 1 N–H and O–H groups in total. The maximum Gasteiger partial charge on any atom is 0.0534 e. The first-order valence-electron chi connectivity index (χ1n) is 7.08. The van der Waals surface area contributed by atoms with Crippen LogP contribution in [0.3, 0.4) is 0 Å². The summed E-state index contributed by atoms with van der Waals surface area (Å²) in [6, 6.07) is 11.6. The summed E-state index contributed by atoms with van der Waals surface area (Å²) in [6.07, 6.45) is 6.38. The summed E-state index contributed by atoms with van der Waals surface area (Å²) in [7, 11) is 0. The molecular weight excluding hydrogens is 234 g/mol. The SMILES string of the molecule is Cc1cccc(C2CC(NCCn3cccn3)C2)c1. The summed E-state index contributed by atoms with van der Waals surface area (Å²) in [6.45, 7) is 4.13. The first-order chi connectivity index (χ1) is 9.31. The Kier molecular flexibility index (Phi) is 3.65. The minimum Gasteiger partial charge on any atom is -0.312 e. The highest BCUT2D eigenvalue weighted by atomic mass is 15.3. The van der Waals surface area contributed by atoms with Crippen molar-refractivity contribution in [2.24, 2.45) is 0 Å². The van der Waals surface area contributed by atoms with Gasteiger partial charge in [0.15, 0.2) is 0 Å². The standard InChI is InChI=1S/C16H21N3/c1-13-4-2-5-14(10-13)15-11-16(12-15)17-7-9-19-8-3-6-18-19/h2-6,8,10,15-17H,7,9,11-12H2,1H3. The highest BCUT2D eigenvalue weighted by Crippen LogP contribution is 2.36. The molecule has 3 nitrogen and oxygen atoms in total. The van der Waals surface area contributed by atoms with Crippen molar-refractivity contribution < 1.29 is 0 Å². The van der Waals surface area contributed by atoms with Crippen molar-refractivity contribution in [3.8, 4) is 0 Å². The third-order valence-corrected chi connectivity index (χ3v) is 3.98. The maximum absolute atomic E-state index is 4.21. The third kappa shape index (κ3) is 3.04. The molecule has 0 spiro atoms. The lowest BCUT2D eigenvalue weighted by Crippen LogP contribution is -2.41. The first-order valence-corrected chi connectivity index (χ1v) is 7.08. The zero-order valence-electron chi connectivity index (χ0n) is 11.4. The van der Waals surface area contributed by atoms with Gasteiger partial charge >= 0.3 is 0 Å². The van der Waals surface area contributed by atoms with Crippen LogP contribution in [0.15, 0.2) is 42.7 Å². The molecule has 0 radical (unpaired) electrons. The number of rotatable bonds is 5. The summed E-state index contributed by atoms with van der Waals surface area (Å²) in [5, 5.41) is 7.82. The zero-order valence-corrected chi connectivity index (χ0v) is 11.4. The molecule has 100 valence electrons. The number of benzene rings is 1. The predicted octanol–water partition coefficient (Wildman–Crippen LogP) is 2.73. The van der Waals surface area contributed by atoms with Crippen LogP contribution < -0.4 is 5.32 Å². The molecule has 1 aliphatic carbocycles. The van der Waals surface area contributed by atoms with Gasteiger partial charge in [-0.15, -0.1) is 0 Å². The molecule has 0 amide bonds.